The fourth-order valence-corrected chi connectivity index (χ4v) is 7.29. The molecule has 2 atom stereocenters. The minimum Gasteiger partial charge on any atom is -0.506 e. The first kappa shape index (κ1) is 31.0. The van der Waals surface area contributed by atoms with Crippen molar-refractivity contribution in [3.8, 4) is 17.4 Å². The Hall–Kier alpha value is -3.95. The maximum Gasteiger partial charge on any atom is 0.217 e. The SMILES string of the molecule is Cc1cc(C)c(C)c(N2C(c3[c-]c(Oc4ccc5cccc(O)c5n4)ccc3)=N[C@H]3Cc4ccccc4CC(C)(C)[C@@H]32)c1C.[Pt]. The van der Waals surface area contributed by atoms with E-state index in [4.69, 9.17) is 9.73 Å². The van der Waals surface area contributed by atoms with Gasteiger partial charge in [-0.25, -0.2) is 4.98 Å². The molecule has 1 aliphatic carbocycles. The number of aromatic nitrogens is 1. The number of pyridine rings is 1. The number of aliphatic imine (C=N–C) groups is 1. The molecule has 6 heteroatoms. The Kier molecular flexibility index (Phi) is 8.12. The Morgan fingerprint density at radius 2 is 1.58 bits per heavy atom. The summed E-state index contributed by atoms with van der Waals surface area (Å²) in [4.78, 5) is 12.7. The summed E-state index contributed by atoms with van der Waals surface area (Å²) < 4.78 is 6.24. The van der Waals surface area contributed by atoms with Gasteiger partial charge in [-0.2, -0.15) is 0 Å². The largest absolute Gasteiger partial charge is 0.506 e. The molecule has 45 heavy (non-hydrogen) atoms. The van der Waals surface area contributed by atoms with E-state index in [-0.39, 0.29) is 44.3 Å². The Morgan fingerprint density at radius 3 is 2.33 bits per heavy atom. The first-order valence-electron chi connectivity index (χ1n) is 15.4. The molecule has 7 rings (SSSR count). The number of para-hydroxylation sites is 1. The van der Waals surface area contributed by atoms with E-state index in [0.29, 0.717) is 17.1 Å². The molecule has 0 unspecified atom stereocenters. The molecule has 2 heterocycles. The molecule has 0 fully saturated rings. The fourth-order valence-electron chi connectivity index (χ4n) is 7.29. The number of anilines is 1. The third-order valence-electron chi connectivity index (χ3n) is 9.62. The van der Waals surface area contributed by atoms with Gasteiger partial charge in [0.25, 0.3) is 0 Å². The van der Waals surface area contributed by atoms with Crippen molar-refractivity contribution < 1.29 is 30.9 Å². The number of nitrogens with zero attached hydrogens (tertiary/aromatic N) is 3. The molecule has 0 spiro atoms. The summed E-state index contributed by atoms with van der Waals surface area (Å²) in [5, 5.41) is 11.2. The number of phenolic OH excluding ortho intramolecular Hbond substituents is 1. The van der Waals surface area contributed by atoms with Crippen LogP contribution in [0.4, 0.5) is 5.69 Å². The van der Waals surface area contributed by atoms with Gasteiger partial charge in [0.2, 0.25) is 5.88 Å². The molecule has 0 saturated heterocycles. The van der Waals surface area contributed by atoms with Gasteiger partial charge < -0.3 is 19.7 Å². The van der Waals surface area contributed by atoms with Crippen molar-refractivity contribution >= 4 is 22.4 Å². The number of benzene rings is 4. The van der Waals surface area contributed by atoms with Crippen molar-refractivity contribution in [2.24, 2.45) is 10.4 Å². The predicted molar refractivity (Wildman–Crippen MR) is 178 cm³/mol. The summed E-state index contributed by atoms with van der Waals surface area (Å²) >= 11 is 0. The Balaban J connectivity index is 0.00000357. The smallest absolute Gasteiger partial charge is 0.217 e. The van der Waals surface area contributed by atoms with Crippen LogP contribution in [-0.2, 0) is 33.9 Å². The molecule has 0 saturated carbocycles. The Bertz CT molecular complexity index is 1940. The van der Waals surface area contributed by atoms with Gasteiger partial charge in [0.05, 0.1) is 17.9 Å². The molecule has 0 bridgehead atoms. The number of hydrogen-bond acceptors (Lipinski definition) is 5. The number of amidine groups is 1. The summed E-state index contributed by atoms with van der Waals surface area (Å²) in [6.45, 7) is 13.7. The van der Waals surface area contributed by atoms with Gasteiger partial charge in [-0.05, 0) is 91.5 Å². The monoisotopic (exact) mass is 775 g/mol. The van der Waals surface area contributed by atoms with Crippen LogP contribution in [-0.4, -0.2) is 28.0 Å². The van der Waals surface area contributed by atoms with Crippen LogP contribution in [0.5, 0.6) is 17.4 Å². The third kappa shape index (κ3) is 5.46. The Morgan fingerprint density at radius 1 is 0.867 bits per heavy atom. The van der Waals surface area contributed by atoms with E-state index >= 15 is 0 Å². The van der Waals surface area contributed by atoms with Gasteiger partial charge in [-0.1, -0.05) is 62.4 Å². The number of aryl methyl sites for hydroxylation is 2. The number of aromatic hydroxyl groups is 1. The zero-order valence-electron chi connectivity index (χ0n) is 26.6. The predicted octanol–water partition coefficient (Wildman–Crippen LogP) is 8.59. The van der Waals surface area contributed by atoms with Crippen molar-refractivity contribution in [1.82, 2.24) is 4.98 Å². The molecule has 5 nitrogen and oxygen atoms in total. The van der Waals surface area contributed by atoms with Crippen molar-refractivity contribution in [3.63, 3.8) is 0 Å². The second-order valence-electron chi connectivity index (χ2n) is 13.1. The van der Waals surface area contributed by atoms with E-state index in [0.717, 1.165) is 29.6 Å². The number of ether oxygens (including phenoxy) is 1. The van der Waals surface area contributed by atoms with E-state index in [2.05, 4.69) is 93.9 Å². The van der Waals surface area contributed by atoms with Crippen LogP contribution in [0.3, 0.4) is 0 Å². The normalized spacial score (nSPS) is 18.4. The van der Waals surface area contributed by atoms with Crippen LogP contribution < -0.4 is 9.64 Å². The molecular formula is C39H38N3O2Pt-. The quantitative estimate of drug-likeness (QED) is 0.186. The first-order chi connectivity index (χ1) is 21.1. The van der Waals surface area contributed by atoms with Gasteiger partial charge >= 0.3 is 0 Å². The first-order valence-corrected chi connectivity index (χ1v) is 15.4. The maximum atomic E-state index is 10.3. The van der Waals surface area contributed by atoms with E-state index in [1.54, 1.807) is 6.07 Å². The molecule has 232 valence electrons. The summed E-state index contributed by atoms with van der Waals surface area (Å²) in [5.41, 5.74) is 10.5. The van der Waals surface area contributed by atoms with Crippen molar-refractivity contribution in [2.45, 2.75) is 66.5 Å². The summed E-state index contributed by atoms with van der Waals surface area (Å²) in [5.74, 6) is 2.02. The number of rotatable bonds is 4. The molecule has 1 N–H and O–H groups in total. The molecule has 5 aromatic rings. The van der Waals surface area contributed by atoms with Crippen LogP contribution in [0.15, 0.2) is 83.9 Å². The van der Waals surface area contributed by atoms with Crippen LogP contribution in [0.1, 0.15) is 52.8 Å². The molecule has 0 radical (unpaired) electrons. The van der Waals surface area contributed by atoms with Gasteiger partial charge in [0.1, 0.15) is 11.3 Å². The molecule has 1 aromatic heterocycles. The van der Waals surface area contributed by atoms with Crippen LogP contribution in [0, 0.1) is 39.2 Å². The zero-order chi connectivity index (χ0) is 30.7. The van der Waals surface area contributed by atoms with Crippen molar-refractivity contribution in [2.75, 3.05) is 4.90 Å². The van der Waals surface area contributed by atoms with E-state index < -0.39 is 0 Å². The fraction of sp³-hybridized carbons (Fsp3) is 0.282. The van der Waals surface area contributed by atoms with Gasteiger partial charge in [-0.15, -0.1) is 23.8 Å². The number of fused-ring (bicyclic) bond motifs is 3. The average Bonchev–Trinajstić information content (AvgIpc) is 3.32. The molecule has 2 aliphatic rings. The van der Waals surface area contributed by atoms with E-state index in [9.17, 15) is 5.11 Å². The average molecular weight is 776 g/mol. The van der Waals surface area contributed by atoms with Gasteiger partial charge in [0, 0.05) is 44.0 Å². The standard InChI is InChI=1S/C39H38N3O2.Pt/c1-23-19-24(2)26(4)36(25(23)3)42-37-32(21-28-11-7-8-12-30(28)22-39(37,5)6)40-38(42)29-14-9-15-31(20-29)44-34-18-17-27-13-10-16-33(43)35(27)41-34;/h7-19,32,37,43H,21-22H2,1-6H3;/q-1;/t32-,37+;/m0./s1. The van der Waals surface area contributed by atoms with Crippen molar-refractivity contribution in [1.29, 1.82) is 0 Å². The molecule has 1 aliphatic heterocycles. The van der Waals surface area contributed by atoms with Crippen LogP contribution in [0.25, 0.3) is 10.9 Å². The third-order valence-corrected chi connectivity index (χ3v) is 9.62. The topological polar surface area (TPSA) is 58.0 Å². The summed E-state index contributed by atoms with van der Waals surface area (Å²) in [7, 11) is 0. The van der Waals surface area contributed by atoms with Crippen LogP contribution in [0.2, 0.25) is 0 Å². The van der Waals surface area contributed by atoms with Gasteiger partial charge in [-0.3, -0.25) is 0 Å². The zero-order valence-corrected chi connectivity index (χ0v) is 28.9. The number of phenols is 1. The number of hydrogen-bond donors (Lipinski definition) is 1. The second-order valence-corrected chi connectivity index (χ2v) is 13.1. The van der Waals surface area contributed by atoms with E-state index in [1.807, 2.05) is 36.4 Å². The van der Waals surface area contributed by atoms with Crippen LogP contribution >= 0.6 is 0 Å². The molecule has 4 aromatic carbocycles. The molecule has 0 amide bonds. The van der Waals surface area contributed by atoms with E-state index in [1.165, 1.54) is 39.1 Å². The second kappa shape index (κ2) is 11.8. The molecular weight excluding hydrogens is 738 g/mol. The minimum atomic E-state index is -0.0514. The summed E-state index contributed by atoms with van der Waals surface area (Å²) in [6, 6.07) is 30.0. The maximum absolute atomic E-state index is 10.3. The van der Waals surface area contributed by atoms with Gasteiger partial charge in [0.15, 0.2) is 0 Å². The van der Waals surface area contributed by atoms with Crippen molar-refractivity contribution in [3.05, 3.63) is 124 Å². The Labute approximate surface area is 280 Å². The minimum absolute atomic E-state index is 0. The summed E-state index contributed by atoms with van der Waals surface area (Å²) in [6.07, 6.45) is 1.88.